The molecular weight excluding hydrogens is 420 g/mol. The first-order valence-corrected chi connectivity index (χ1v) is 9.91. The Bertz CT molecular complexity index is 850. The number of carbonyl (C=O) groups excluding carboxylic acids is 3. The highest BCUT2D eigenvalue weighted by Gasteiger charge is 2.67. The van der Waals surface area contributed by atoms with E-state index in [0.29, 0.717) is 22.5 Å². The molecule has 3 amide bonds. The molecule has 6 rings (SSSR count). The third kappa shape index (κ3) is 2.31. The number of benzene rings is 1. The summed E-state index contributed by atoms with van der Waals surface area (Å²) in [5, 5.41) is 3.08. The normalized spacial score (nSPS) is 36.2. The highest BCUT2D eigenvalue weighted by atomic mass is 79.9. The molecule has 5 nitrogen and oxygen atoms in total. The second kappa shape index (κ2) is 5.67. The Morgan fingerprint density at radius 3 is 2.35 bits per heavy atom. The van der Waals surface area contributed by atoms with Crippen molar-refractivity contribution in [3.8, 4) is 0 Å². The van der Waals surface area contributed by atoms with Crippen LogP contribution in [0, 0.1) is 35.5 Å². The van der Waals surface area contributed by atoms with Crippen LogP contribution in [-0.4, -0.2) is 29.2 Å². The number of hydrogen-bond donors (Lipinski definition) is 1. The summed E-state index contributed by atoms with van der Waals surface area (Å²) in [6.07, 6.45) is 5.37. The van der Waals surface area contributed by atoms with E-state index in [-0.39, 0.29) is 42.0 Å². The summed E-state index contributed by atoms with van der Waals surface area (Å²) in [4.78, 5) is 39.3. The fourth-order valence-electron chi connectivity index (χ4n) is 5.10. The Hall–Kier alpha value is -1.66. The minimum Gasteiger partial charge on any atom is -0.323 e. The van der Waals surface area contributed by atoms with Gasteiger partial charge < -0.3 is 5.32 Å². The van der Waals surface area contributed by atoms with Crippen molar-refractivity contribution in [3.63, 3.8) is 0 Å². The molecule has 2 bridgehead atoms. The lowest BCUT2D eigenvalue weighted by Gasteiger charge is -2.37. The van der Waals surface area contributed by atoms with Gasteiger partial charge in [-0.25, -0.2) is 0 Å². The van der Waals surface area contributed by atoms with Crippen molar-refractivity contribution < 1.29 is 14.4 Å². The second-order valence-electron chi connectivity index (χ2n) is 7.59. The lowest BCUT2D eigenvalue weighted by molar-refractivity contribution is -0.142. The maximum atomic E-state index is 12.9. The molecule has 1 N–H and O–H groups in total. The number of rotatable bonds is 3. The summed E-state index contributed by atoms with van der Waals surface area (Å²) in [6.45, 7) is -0.258. The van der Waals surface area contributed by atoms with Crippen LogP contribution in [-0.2, 0) is 14.4 Å². The summed E-state index contributed by atoms with van der Waals surface area (Å²) < 4.78 is 0.802. The van der Waals surface area contributed by atoms with Crippen LogP contribution in [0.3, 0.4) is 0 Å². The van der Waals surface area contributed by atoms with Crippen molar-refractivity contribution in [3.05, 3.63) is 39.8 Å². The van der Waals surface area contributed by atoms with Gasteiger partial charge in [0.2, 0.25) is 17.7 Å². The van der Waals surface area contributed by atoms with Crippen LogP contribution in [0.1, 0.15) is 6.42 Å². The molecule has 26 heavy (non-hydrogen) atoms. The van der Waals surface area contributed by atoms with E-state index < -0.39 is 5.91 Å². The number of carbonyl (C=O) groups is 3. The lowest BCUT2D eigenvalue weighted by Crippen LogP contribution is -2.40. The first-order chi connectivity index (χ1) is 12.5. The smallest absolute Gasteiger partial charge is 0.244 e. The van der Waals surface area contributed by atoms with Crippen LogP contribution < -0.4 is 5.32 Å². The van der Waals surface area contributed by atoms with Crippen LogP contribution in [0.4, 0.5) is 5.69 Å². The molecule has 6 atom stereocenters. The molecule has 1 heterocycles. The van der Waals surface area contributed by atoms with Gasteiger partial charge in [-0.3, -0.25) is 19.3 Å². The molecule has 1 aliphatic heterocycles. The van der Waals surface area contributed by atoms with Crippen LogP contribution in [0.15, 0.2) is 34.8 Å². The molecule has 0 spiro atoms. The van der Waals surface area contributed by atoms with Gasteiger partial charge in [0.05, 0.1) is 22.5 Å². The molecule has 4 aliphatic carbocycles. The molecule has 1 aromatic rings. The lowest BCUT2D eigenvalue weighted by atomic mass is 9.63. The predicted molar refractivity (Wildman–Crippen MR) is 99.2 cm³/mol. The first kappa shape index (κ1) is 16.5. The molecule has 0 aromatic heterocycles. The SMILES string of the molecule is O=C(CN1C(=O)[C@@H]2[C@H]3C=C[C@H]([C@@H]4C[C@H]34)[C@@H]2C1=O)Nc1ccc(Br)cc1Cl. The van der Waals surface area contributed by atoms with Gasteiger partial charge in [0.15, 0.2) is 0 Å². The van der Waals surface area contributed by atoms with Gasteiger partial charge in [0.25, 0.3) is 0 Å². The predicted octanol–water partition coefficient (Wildman–Crippen LogP) is 3.09. The van der Waals surface area contributed by atoms with Crippen molar-refractivity contribution in [1.29, 1.82) is 0 Å². The van der Waals surface area contributed by atoms with E-state index in [1.165, 1.54) is 0 Å². The number of likely N-dealkylation sites (tertiary alicyclic amines) is 1. The van der Waals surface area contributed by atoms with Crippen LogP contribution in [0.2, 0.25) is 5.02 Å². The molecule has 7 heteroatoms. The summed E-state index contributed by atoms with van der Waals surface area (Å²) in [5.41, 5.74) is 0.458. The van der Waals surface area contributed by atoms with Crippen LogP contribution in [0.25, 0.3) is 0 Å². The van der Waals surface area contributed by atoms with Crippen LogP contribution in [0.5, 0.6) is 0 Å². The third-order valence-electron chi connectivity index (χ3n) is 6.26. The van der Waals surface area contributed by atoms with E-state index in [1.54, 1.807) is 18.2 Å². The molecule has 134 valence electrons. The Kier molecular flexibility index (Phi) is 3.60. The number of halogens is 2. The largest absolute Gasteiger partial charge is 0.323 e. The van der Waals surface area contributed by atoms with Gasteiger partial charge in [0.1, 0.15) is 6.54 Å². The highest BCUT2D eigenvalue weighted by molar-refractivity contribution is 9.10. The Morgan fingerprint density at radius 2 is 1.77 bits per heavy atom. The Morgan fingerprint density at radius 1 is 1.15 bits per heavy atom. The van der Waals surface area contributed by atoms with E-state index in [2.05, 4.69) is 33.4 Å². The molecule has 3 fully saturated rings. The standard InChI is InChI=1S/C19H16BrClN2O3/c20-8-1-4-14(13(21)5-8)22-15(24)7-23-18(25)16-9-2-3-10(12-6-11(9)12)17(16)19(23)26/h1-5,9-12,16-17H,6-7H2,(H,22,24)/t9-,10+,11+,12-,16+,17-. The second-order valence-corrected chi connectivity index (χ2v) is 8.91. The van der Waals surface area contributed by atoms with E-state index >= 15 is 0 Å². The average molecular weight is 436 g/mol. The van der Waals surface area contributed by atoms with E-state index in [1.807, 2.05) is 0 Å². The molecule has 1 saturated heterocycles. The van der Waals surface area contributed by atoms with Gasteiger partial charge in [-0.2, -0.15) is 0 Å². The Labute approximate surface area is 163 Å². The minimum atomic E-state index is -0.417. The molecule has 2 saturated carbocycles. The van der Waals surface area contributed by atoms with E-state index in [9.17, 15) is 14.4 Å². The number of allylic oxidation sites excluding steroid dienone is 2. The monoisotopic (exact) mass is 434 g/mol. The molecule has 5 aliphatic rings. The van der Waals surface area contributed by atoms with Gasteiger partial charge in [-0.1, -0.05) is 39.7 Å². The number of amides is 3. The van der Waals surface area contributed by atoms with E-state index in [4.69, 9.17) is 11.6 Å². The number of nitrogens with zero attached hydrogens (tertiary/aromatic N) is 1. The molecular formula is C19H16BrClN2O3. The van der Waals surface area contributed by atoms with Crippen molar-refractivity contribution >= 4 is 50.9 Å². The van der Waals surface area contributed by atoms with Crippen molar-refractivity contribution in [2.75, 3.05) is 11.9 Å². The Balaban J connectivity index is 1.33. The van der Waals surface area contributed by atoms with Gasteiger partial charge >= 0.3 is 0 Å². The van der Waals surface area contributed by atoms with E-state index in [0.717, 1.165) is 15.8 Å². The summed E-state index contributed by atoms with van der Waals surface area (Å²) >= 11 is 9.42. The van der Waals surface area contributed by atoms with Crippen molar-refractivity contribution in [2.45, 2.75) is 6.42 Å². The van der Waals surface area contributed by atoms with Gasteiger partial charge in [-0.15, -0.1) is 0 Å². The number of anilines is 1. The van der Waals surface area contributed by atoms with Crippen molar-refractivity contribution in [1.82, 2.24) is 4.90 Å². The van der Waals surface area contributed by atoms with Crippen LogP contribution >= 0.6 is 27.5 Å². The summed E-state index contributed by atoms with van der Waals surface area (Å²) in [5.74, 6) is 0.0942. The fraction of sp³-hybridized carbons (Fsp3) is 0.421. The van der Waals surface area contributed by atoms with Gasteiger partial charge in [0, 0.05) is 4.47 Å². The van der Waals surface area contributed by atoms with Gasteiger partial charge in [-0.05, 0) is 48.3 Å². The molecule has 0 radical (unpaired) electrons. The number of hydrogen-bond acceptors (Lipinski definition) is 3. The van der Waals surface area contributed by atoms with Crippen molar-refractivity contribution in [2.24, 2.45) is 35.5 Å². The first-order valence-electron chi connectivity index (χ1n) is 8.74. The minimum absolute atomic E-state index is 0.167. The average Bonchev–Trinajstić information content (AvgIpc) is 3.39. The third-order valence-corrected chi connectivity index (χ3v) is 7.07. The topological polar surface area (TPSA) is 66.5 Å². The zero-order chi connectivity index (χ0) is 18.2. The molecule has 0 unspecified atom stereocenters. The zero-order valence-corrected chi connectivity index (χ0v) is 16.0. The number of nitrogens with one attached hydrogen (secondary N) is 1. The highest BCUT2D eigenvalue weighted by Crippen LogP contribution is 2.65. The maximum absolute atomic E-state index is 12.9. The molecule has 1 aromatic carbocycles. The fourth-order valence-corrected chi connectivity index (χ4v) is 5.82. The maximum Gasteiger partial charge on any atom is 0.244 e. The quantitative estimate of drug-likeness (QED) is 0.586. The summed E-state index contributed by atoms with van der Waals surface area (Å²) in [7, 11) is 0. The summed E-state index contributed by atoms with van der Waals surface area (Å²) in [6, 6.07) is 5.11. The number of imide groups is 1. The zero-order valence-electron chi connectivity index (χ0n) is 13.7.